The number of hydrogen-bond acceptors (Lipinski definition) is 5. The van der Waals surface area contributed by atoms with E-state index in [1.807, 2.05) is 0 Å². The van der Waals surface area contributed by atoms with Crippen molar-refractivity contribution >= 4 is 0 Å². The number of hydrogen-bond donors (Lipinski definition) is 1. The van der Waals surface area contributed by atoms with Gasteiger partial charge in [-0.3, -0.25) is 5.32 Å². The second-order valence-electron chi connectivity index (χ2n) is 3.87. The molecule has 0 spiro atoms. The van der Waals surface area contributed by atoms with Crippen LogP contribution >= 0.6 is 0 Å². The molecule has 16 heavy (non-hydrogen) atoms. The van der Waals surface area contributed by atoms with Crippen LogP contribution in [-0.4, -0.2) is 23.8 Å². The fourth-order valence-electron chi connectivity index (χ4n) is 1.77. The number of terminal acetylenes is 1. The fraction of sp³-hybridized carbons (Fsp3) is 0.636. The first-order chi connectivity index (χ1) is 7.80. The summed E-state index contributed by atoms with van der Waals surface area (Å²) in [4.78, 5) is 4.31. The van der Waals surface area contributed by atoms with Crippen molar-refractivity contribution in [1.29, 1.82) is 0 Å². The highest BCUT2D eigenvalue weighted by atomic mass is 16.5. The molecule has 1 aliphatic carbocycles. The first-order valence-corrected chi connectivity index (χ1v) is 5.33. The van der Waals surface area contributed by atoms with E-state index >= 15 is 0 Å². The Hall–Kier alpha value is -1.38. The molecule has 5 heteroatoms. The van der Waals surface area contributed by atoms with Crippen molar-refractivity contribution < 1.29 is 9.26 Å². The molecule has 1 aromatic heterocycles. The summed E-state index contributed by atoms with van der Waals surface area (Å²) in [6.07, 6.45) is 8.18. The lowest BCUT2D eigenvalue weighted by Crippen LogP contribution is -2.37. The van der Waals surface area contributed by atoms with Gasteiger partial charge in [0.15, 0.2) is 0 Å². The lowest BCUT2D eigenvalue weighted by Gasteiger charge is -2.37. The van der Waals surface area contributed by atoms with E-state index in [4.69, 9.17) is 15.7 Å². The van der Waals surface area contributed by atoms with Gasteiger partial charge in [0.1, 0.15) is 5.60 Å². The van der Waals surface area contributed by atoms with E-state index in [1.54, 1.807) is 7.11 Å². The van der Waals surface area contributed by atoms with Crippen LogP contribution < -0.4 is 5.32 Å². The van der Waals surface area contributed by atoms with Gasteiger partial charge in [0.25, 0.3) is 0 Å². The molecule has 86 valence electrons. The van der Waals surface area contributed by atoms with E-state index in [0.717, 1.165) is 19.3 Å². The van der Waals surface area contributed by atoms with E-state index in [2.05, 4.69) is 21.4 Å². The molecule has 1 heterocycles. The van der Waals surface area contributed by atoms with Crippen molar-refractivity contribution in [1.82, 2.24) is 15.5 Å². The summed E-state index contributed by atoms with van der Waals surface area (Å²) in [7, 11) is 1.69. The number of nitrogens with zero attached hydrogens (tertiary/aromatic N) is 2. The van der Waals surface area contributed by atoms with E-state index in [-0.39, 0.29) is 5.60 Å². The zero-order valence-corrected chi connectivity index (χ0v) is 9.32. The predicted molar refractivity (Wildman–Crippen MR) is 57.4 cm³/mol. The molecule has 1 fully saturated rings. The molecule has 1 aliphatic rings. The van der Waals surface area contributed by atoms with Crippen LogP contribution in [0.2, 0.25) is 0 Å². The lowest BCUT2D eigenvalue weighted by atomic mass is 9.79. The number of aromatic nitrogens is 2. The molecule has 0 aliphatic heterocycles. The van der Waals surface area contributed by atoms with Gasteiger partial charge in [0.05, 0.1) is 13.1 Å². The minimum absolute atomic E-state index is 0.312. The number of methoxy groups -OCH3 is 1. The van der Waals surface area contributed by atoms with Crippen LogP contribution in [0.1, 0.15) is 31.0 Å². The van der Waals surface area contributed by atoms with Gasteiger partial charge in [-0.1, -0.05) is 11.1 Å². The van der Waals surface area contributed by atoms with Crippen LogP contribution in [0.25, 0.3) is 0 Å². The van der Waals surface area contributed by atoms with E-state index in [0.29, 0.717) is 24.8 Å². The van der Waals surface area contributed by atoms with Crippen molar-refractivity contribution in [2.24, 2.45) is 0 Å². The highest BCUT2D eigenvalue weighted by Crippen LogP contribution is 2.42. The SMILES string of the molecule is C#CCNCc1nc(C2(OC)CCC2)no1. The highest BCUT2D eigenvalue weighted by molar-refractivity contribution is 5.06. The summed E-state index contributed by atoms with van der Waals surface area (Å²) < 4.78 is 10.6. The summed E-state index contributed by atoms with van der Waals surface area (Å²) in [6, 6.07) is 0. The number of rotatable bonds is 5. The summed E-state index contributed by atoms with van der Waals surface area (Å²) in [5.74, 6) is 3.68. The largest absolute Gasteiger partial charge is 0.370 e. The van der Waals surface area contributed by atoms with Crippen LogP contribution in [0, 0.1) is 12.3 Å². The number of nitrogens with one attached hydrogen (secondary N) is 1. The Labute approximate surface area is 94.6 Å². The Morgan fingerprint density at radius 2 is 2.44 bits per heavy atom. The van der Waals surface area contributed by atoms with Crippen LogP contribution in [0.5, 0.6) is 0 Å². The maximum Gasteiger partial charge on any atom is 0.240 e. The van der Waals surface area contributed by atoms with E-state index < -0.39 is 0 Å². The highest BCUT2D eigenvalue weighted by Gasteiger charge is 2.43. The minimum Gasteiger partial charge on any atom is -0.370 e. The van der Waals surface area contributed by atoms with Gasteiger partial charge in [-0.2, -0.15) is 4.98 Å². The molecule has 0 atom stereocenters. The maximum atomic E-state index is 5.46. The Morgan fingerprint density at radius 3 is 3.00 bits per heavy atom. The molecule has 0 saturated heterocycles. The molecule has 5 nitrogen and oxygen atoms in total. The van der Waals surface area contributed by atoms with Crippen LogP contribution in [-0.2, 0) is 16.9 Å². The zero-order chi connectivity index (χ0) is 11.4. The third-order valence-electron chi connectivity index (χ3n) is 2.93. The maximum absolute atomic E-state index is 5.46. The van der Waals surface area contributed by atoms with Crippen molar-refractivity contribution in [2.75, 3.05) is 13.7 Å². The summed E-state index contributed by atoms with van der Waals surface area (Å²) in [5, 5.41) is 6.95. The van der Waals surface area contributed by atoms with E-state index in [1.165, 1.54) is 0 Å². The molecular weight excluding hydrogens is 206 g/mol. The fourth-order valence-corrected chi connectivity index (χ4v) is 1.77. The topological polar surface area (TPSA) is 60.2 Å². The zero-order valence-electron chi connectivity index (χ0n) is 9.32. The second-order valence-corrected chi connectivity index (χ2v) is 3.87. The first kappa shape index (κ1) is 11.1. The molecule has 0 aromatic carbocycles. The van der Waals surface area contributed by atoms with Crippen molar-refractivity contribution in [3.8, 4) is 12.3 Å². The van der Waals surface area contributed by atoms with Gasteiger partial charge in [0.2, 0.25) is 11.7 Å². The number of ether oxygens (including phenoxy) is 1. The molecule has 2 rings (SSSR count). The first-order valence-electron chi connectivity index (χ1n) is 5.33. The van der Waals surface area contributed by atoms with Gasteiger partial charge >= 0.3 is 0 Å². The summed E-state index contributed by atoms with van der Waals surface area (Å²) in [5.41, 5.74) is -0.312. The summed E-state index contributed by atoms with van der Waals surface area (Å²) in [6.45, 7) is 0.990. The lowest BCUT2D eigenvalue weighted by molar-refractivity contribution is -0.0858. The predicted octanol–water partition coefficient (Wildman–Crippen LogP) is 0.818. The van der Waals surface area contributed by atoms with Crippen molar-refractivity contribution in [2.45, 2.75) is 31.4 Å². The minimum atomic E-state index is -0.312. The second kappa shape index (κ2) is 4.64. The van der Waals surface area contributed by atoms with Gasteiger partial charge in [-0.05, 0) is 19.3 Å². The molecule has 0 unspecified atom stereocenters. The standard InChI is InChI=1S/C11H15N3O2/c1-3-7-12-8-9-13-10(14-16-9)11(15-2)5-4-6-11/h1,12H,4-8H2,2H3. The molecule has 1 N–H and O–H groups in total. The third kappa shape index (κ3) is 1.94. The molecule has 0 amide bonds. The average Bonchev–Trinajstić information content (AvgIpc) is 2.67. The quantitative estimate of drug-likeness (QED) is 0.589. The smallest absolute Gasteiger partial charge is 0.240 e. The monoisotopic (exact) mass is 221 g/mol. The van der Waals surface area contributed by atoms with Gasteiger partial charge in [0, 0.05) is 7.11 Å². The average molecular weight is 221 g/mol. The van der Waals surface area contributed by atoms with Crippen molar-refractivity contribution in [3.05, 3.63) is 11.7 Å². The van der Waals surface area contributed by atoms with Gasteiger partial charge in [-0.15, -0.1) is 6.42 Å². The van der Waals surface area contributed by atoms with Crippen LogP contribution in [0.3, 0.4) is 0 Å². The Balaban J connectivity index is 1.99. The molecule has 0 bridgehead atoms. The molecule has 1 saturated carbocycles. The van der Waals surface area contributed by atoms with Gasteiger partial charge < -0.3 is 9.26 Å². The van der Waals surface area contributed by atoms with Gasteiger partial charge in [-0.25, -0.2) is 0 Å². The third-order valence-corrected chi connectivity index (χ3v) is 2.93. The van der Waals surface area contributed by atoms with Crippen LogP contribution in [0.4, 0.5) is 0 Å². The summed E-state index contributed by atoms with van der Waals surface area (Å²) >= 11 is 0. The Bertz CT molecular complexity index is 385. The Kier molecular flexibility index (Phi) is 3.22. The van der Waals surface area contributed by atoms with Crippen molar-refractivity contribution in [3.63, 3.8) is 0 Å². The Morgan fingerprint density at radius 1 is 1.62 bits per heavy atom. The normalized spacial score (nSPS) is 17.8. The molecule has 1 aromatic rings. The van der Waals surface area contributed by atoms with Crippen LogP contribution in [0.15, 0.2) is 4.52 Å². The molecular formula is C11H15N3O2. The van der Waals surface area contributed by atoms with E-state index in [9.17, 15) is 0 Å². The molecule has 0 radical (unpaired) electrons.